The highest BCUT2D eigenvalue weighted by Gasteiger charge is 2.20. The number of hydrogen-bond donors (Lipinski definition) is 1. The fourth-order valence-corrected chi connectivity index (χ4v) is 3.68. The maximum atomic E-state index is 12.4. The summed E-state index contributed by atoms with van der Waals surface area (Å²) in [6.07, 6.45) is 0.533. The lowest BCUT2D eigenvalue weighted by molar-refractivity contribution is 0.299. The van der Waals surface area contributed by atoms with Gasteiger partial charge in [-0.25, -0.2) is 8.42 Å². The summed E-state index contributed by atoms with van der Waals surface area (Å²) in [5, 5.41) is 12.7. The number of aliphatic hydroxyl groups is 1. The highest BCUT2D eigenvalue weighted by molar-refractivity contribution is 7.89. The minimum absolute atomic E-state index is 0.0597. The number of nitrogens with zero attached hydrogens (tertiary/aromatic N) is 1. The van der Waals surface area contributed by atoms with Crippen LogP contribution >= 0.6 is 11.3 Å². The molecule has 108 valence electrons. The van der Waals surface area contributed by atoms with Crippen LogP contribution in [0.3, 0.4) is 0 Å². The molecule has 0 aliphatic carbocycles. The van der Waals surface area contributed by atoms with Crippen LogP contribution in [-0.4, -0.2) is 31.5 Å². The first-order valence-electron chi connectivity index (χ1n) is 6.21. The number of benzene rings is 1. The summed E-state index contributed by atoms with van der Waals surface area (Å²) < 4.78 is 26.2. The molecular formula is C14H17NO3S2. The topological polar surface area (TPSA) is 57.6 Å². The third-order valence-corrected chi connectivity index (χ3v) is 5.57. The van der Waals surface area contributed by atoms with Crippen molar-refractivity contribution in [1.82, 2.24) is 4.31 Å². The first-order chi connectivity index (χ1) is 9.54. The molecule has 0 saturated heterocycles. The van der Waals surface area contributed by atoms with Gasteiger partial charge in [0.05, 0.1) is 4.90 Å². The average molecular weight is 311 g/mol. The van der Waals surface area contributed by atoms with Crippen molar-refractivity contribution in [3.8, 4) is 0 Å². The lowest BCUT2D eigenvalue weighted by Crippen LogP contribution is -2.26. The van der Waals surface area contributed by atoms with Crippen LogP contribution in [0.1, 0.15) is 11.1 Å². The zero-order valence-corrected chi connectivity index (χ0v) is 12.8. The van der Waals surface area contributed by atoms with Crippen LogP contribution in [0.2, 0.25) is 0 Å². The largest absolute Gasteiger partial charge is 0.396 e. The van der Waals surface area contributed by atoms with Gasteiger partial charge in [0.2, 0.25) is 10.0 Å². The number of rotatable bonds is 6. The van der Waals surface area contributed by atoms with E-state index in [4.69, 9.17) is 5.11 Å². The van der Waals surface area contributed by atoms with Crippen LogP contribution in [0.5, 0.6) is 0 Å². The molecule has 0 aliphatic rings. The molecule has 0 fully saturated rings. The van der Waals surface area contributed by atoms with Crippen LogP contribution < -0.4 is 0 Å². The zero-order valence-electron chi connectivity index (χ0n) is 11.2. The summed E-state index contributed by atoms with van der Waals surface area (Å²) in [6.45, 7) is 0.425. The number of aliphatic hydroxyl groups excluding tert-OH is 1. The quantitative estimate of drug-likeness (QED) is 0.889. The highest BCUT2D eigenvalue weighted by atomic mass is 32.2. The molecule has 0 aliphatic heterocycles. The number of hydrogen-bond acceptors (Lipinski definition) is 4. The molecule has 0 saturated carbocycles. The molecule has 0 unspecified atom stereocenters. The Morgan fingerprint density at radius 3 is 2.40 bits per heavy atom. The Morgan fingerprint density at radius 1 is 1.15 bits per heavy atom. The Balaban J connectivity index is 2.16. The maximum Gasteiger partial charge on any atom is 0.243 e. The second-order valence-electron chi connectivity index (χ2n) is 4.51. The van der Waals surface area contributed by atoms with Gasteiger partial charge in [0.25, 0.3) is 0 Å². The SMILES string of the molecule is CN(Cc1ccsc1)S(=O)(=O)c1ccc(CCO)cc1. The average Bonchev–Trinajstić information content (AvgIpc) is 2.92. The number of sulfonamides is 1. The van der Waals surface area contributed by atoms with Crippen LogP contribution in [-0.2, 0) is 23.0 Å². The van der Waals surface area contributed by atoms with Crippen LogP contribution in [0, 0.1) is 0 Å². The monoisotopic (exact) mass is 311 g/mol. The Labute approximate surface area is 123 Å². The van der Waals surface area contributed by atoms with Crippen molar-refractivity contribution in [2.75, 3.05) is 13.7 Å². The molecular weight excluding hydrogens is 294 g/mol. The van der Waals surface area contributed by atoms with E-state index in [0.29, 0.717) is 13.0 Å². The molecule has 0 radical (unpaired) electrons. The van der Waals surface area contributed by atoms with Crippen molar-refractivity contribution in [1.29, 1.82) is 0 Å². The van der Waals surface area contributed by atoms with E-state index in [1.54, 1.807) is 42.6 Å². The van der Waals surface area contributed by atoms with Crippen molar-refractivity contribution < 1.29 is 13.5 Å². The summed E-state index contributed by atoms with van der Waals surface area (Å²) in [7, 11) is -1.89. The van der Waals surface area contributed by atoms with Crippen molar-refractivity contribution in [2.24, 2.45) is 0 Å². The van der Waals surface area contributed by atoms with Crippen molar-refractivity contribution >= 4 is 21.4 Å². The summed E-state index contributed by atoms with van der Waals surface area (Å²) in [5.41, 5.74) is 1.91. The van der Waals surface area contributed by atoms with E-state index < -0.39 is 10.0 Å². The van der Waals surface area contributed by atoms with E-state index >= 15 is 0 Å². The number of thiophene rings is 1. The molecule has 0 spiro atoms. The van der Waals surface area contributed by atoms with Crippen molar-refractivity contribution in [2.45, 2.75) is 17.9 Å². The standard InChI is InChI=1S/C14H17NO3S2/c1-15(10-13-7-9-19-11-13)20(17,18)14-4-2-12(3-5-14)6-8-16/h2-5,7,9,11,16H,6,8,10H2,1H3. The molecule has 0 bridgehead atoms. The lowest BCUT2D eigenvalue weighted by atomic mass is 10.2. The normalized spacial score (nSPS) is 11.9. The smallest absolute Gasteiger partial charge is 0.243 e. The second-order valence-corrected chi connectivity index (χ2v) is 7.34. The van der Waals surface area contributed by atoms with Gasteiger partial charge >= 0.3 is 0 Å². The third kappa shape index (κ3) is 3.46. The van der Waals surface area contributed by atoms with Gasteiger partial charge in [-0.05, 0) is 46.5 Å². The molecule has 1 aromatic carbocycles. The van der Waals surface area contributed by atoms with Crippen LogP contribution in [0.25, 0.3) is 0 Å². The molecule has 0 atom stereocenters. The van der Waals surface area contributed by atoms with E-state index in [9.17, 15) is 8.42 Å². The van der Waals surface area contributed by atoms with Gasteiger partial charge in [0.1, 0.15) is 0 Å². The van der Waals surface area contributed by atoms with E-state index in [-0.39, 0.29) is 11.5 Å². The van der Waals surface area contributed by atoms with E-state index in [1.165, 1.54) is 4.31 Å². The van der Waals surface area contributed by atoms with Gasteiger partial charge in [-0.2, -0.15) is 15.6 Å². The molecule has 1 aromatic heterocycles. The minimum Gasteiger partial charge on any atom is -0.396 e. The summed E-state index contributed by atoms with van der Waals surface area (Å²) in [4.78, 5) is 0.275. The molecule has 2 aromatic rings. The van der Waals surface area contributed by atoms with E-state index in [1.807, 2.05) is 16.8 Å². The molecule has 2 rings (SSSR count). The van der Waals surface area contributed by atoms with Gasteiger partial charge in [0.15, 0.2) is 0 Å². The lowest BCUT2D eigenvalue weighted by Gasteiger charge is -2.16. The zero-order chi connectivity index (χ0) is 14.6. The second kappa shape index (κ2) is 6.49. The highest BCUT2D eigenvalue weighted by Crippen LogP contribution is 2.18. The minimum atomic E-state index is -3.47. The van der Waals surface area contributed by atoms with E-state index in [0.717, 1.165) is 11.1 Å². The molecule has 1 heterocycles. The fourth-order valence-electron chi connectivity index (χ4n) is 1.86. The van der Waals surface area contributed by atoms with Gasteiger partial charge in [-0.3, -0.25) is 0 Å². The fraction of sp³-hybridized carbons (Fsp3) is 0.286. The van der Waals surface area contributed by atoms with Crippen LogP contribution in [0.4, 0.5) is 0 Å². The third-order valence-electron chi connectivity index (χ3n) is 3.02. The predicted octanol–water partition coefficient (Wildman–Crippen LogP) is 2.10. The van der Waals surface area contributed by atoms with E-state index in [2.05, 4.69) is 0 Å². The molecule has 0 amide bonds. The Bertz CT molecular complexity index is 634. The first-order valence-corrected chi connectivity index (χ1v) is 8.59. The molecule has 20 heavy (non-hydrogen) atoms. The maximum absolute atomic E-state index is 12.4. The molecule has 1 N–H and O–H groups in total. The Kier molecular flexibility index (Phi) is 4.93. The Morgan fingerprint density at radius 2 is 1.85 bits per heavy atom. The van der Waals surface area contributed by atoms with Gasteiger partial charge < -0.3 is 5.11 Å². The molecule has 6 heteroatoms. The summed E-state index contributed by atoms with van der Waals surface area (Å²) >= 11 is 1.55. The van der Waals surface area contributed by atoms with Crippen molar-refractivity contribution in [3.05, 3.63) is 52.2 Å². The first kappa shape index (κ1) is 15.2. The summed E-state index contributed by atoms with van der Waals surface area (Å²) in [5.74, 6) is 0. The van der Waals surface area contributed by atoms with Gasteiger partial charge in [0, 0.05) is 20.2 Å². The van der Waals surface area contributed by atoms with Crippen LogP contribution in [0.15, 0.2) is 46.0 Å². The van der Waals surface area contributed by atoms with Gasteiger partial charge in [-0.15, -0.1) is 0 Å². The summed E-state index contributed by atoms with van der Waals surface area (Å²) in [6, 6.07) is 8.57. The Hall–Kier alpha value is -1.21. The molecule has 4 nitrogen and oxygen atoms in total. The van der Waals surface area contributed by atoms with Gasteiger partial charge in [-0.1, -0.05) is 12.1 Å². The van der Waals surface area contributed by atoms with Crippen molar-refractivity contribution in [3.63, 3.8) is 0 Å². The predicted molar refractivity (Wildman–Crippen MR) is 80.2 cm³/mol.